The number of anilines is 1. The molecule has 0 aromatic heterocycles. The van der Waals surface area contributed by atoms with Crippen LogP contribution in [0.15, 0.2) is 91.0 Å². The molecule has 0 aliphatic heterocycles. The van der Waals surface area contributed by atoms with Gasteiger partial charge in [0.1, 0.15) is 18.1 Å². The Balaban J connectivity index is 1.48. The van der Waals surface area contributed by atoms with Crippen molar-refractivity contribution < 1.29 is 14.3 Å². The molecule has 1 N–H and O–H groups in total. The average Bonchev–Trinajstić information content (AvgIpc) is 2.73. The summed E-state index contributed by atoms with van der Waals surface area (Å²) in [5.74, 6) is 1.16. The monoisotopic (exact) mass is 373 g/mol. The standard InChI is InChI=1S/C24H23NO3/c1-18(2)16-27-23-14-10-21(11-15-23)25-24(26)17-28-22-12-8-20(9-13-22)19-6-4-3-5-7-19/h3-15H,1,16-17H2,2H3,(H,25,26). The van der Waals surface area contributed by atoms with Gasteiger partial charge in [-0.1, -0.05) is 49.0 Å². The van der Waals surface area contributed by atoms with Gasteiger partial charge in [-0.05, 0) is 60.0 Å². The fourth-order valence-corrected chi connectivity index (χ4v) is 2.56. The maximum atomic E-state index is 12.1. The van der Waals surface area contributed by atoms with Crippen molar-refractivity contribution in [1.29, 1.82) is 0 Å². The first-order chi connectivity index (χ1) is 13.6. The smallest absolute Gasteiger partial charge is 0.262 e. The molecule has 0 radical (unpaired) electrons. The van der Waals surface area contributed by atoms with Crippen molar-refractivity contribution in [2.45, 2.75) is 6.92 Å². The van der Waals surface area contributed by atoms with E-state index in [2.05, 4.69) is 24.0 Å². The zero-order valence-corrected chi connectivity index (χ0v) is 15.9. The van der Waals surface area contributed by atoms with Crippen LogP contribution in [0.5, 0.6) is 11.5 Å². The number of rotatable bonds is 8. The quantitative estimate of drug-likeness (QED) is 0.543. The average molecular weight is 373 g/mol. The summed E-state index contributed by atoms with van der Waals surface area (Å²) in [5, 5.41) is 2.80. The van der Waals surface area contributed by atoms with Gasteiger partial charge in [0.25, 0.3) is 5.91 Å². The highest BCUT2D eigenvalue weighted by atomic mass is 16.5. The second kappa shape index (κ2) is 9.42. The van der Waals surface area contributed by atoms with Crippen LogP contribution < -0.4 is 14.8 Å². The molecule has 0 saturated heterocycles. The van der Waals surface area contributed by atoms with E-state index >= 15 is 0 Å². The van der Waals surface area contributed by atoms with E-state index in [0.29, 0.717) is 18.0 Å². The number of amides is 1. The van der Waals surface area contributed by atoms with Crippen LogP contribution in [-0.2, 0) is 4.79 Å². The van der Waals surface area contributed by atoms with Crippen LogP contribution in [0, 0.1) is 0 Å². The molecule has 4 heteroatoms. The fraction of sp³-hybridized carbons (Fsp3) is 0.125. The van der Waals surface area contributed by atoms with Gasteiger partial charge in [-0.2, -0.15) is 0 Å². The van der Waals surface area contributed by atoms with E-state index in [-0.39, 0.29) is 12.5 Å². The fourth-order valence-electron chi connectivity index (χ4n) is 2.56. The van der Waals surface area contributed by atoms with Crippen LogP contribution in [0.2, 0.25) is 0 Å². The Bertz CT molecular complexity index is 916. The molecule has 3 rings (SSSR count). The highest BCUT2D eigenvalue weighted by molar-refractivity contribution is 5.91. The molecule has 3 aromatic rings. The Kier molecular flexibility index (Phi) is 6.47. The van der Waals surface area contributed by atoms with Gasteiger partial charge in [0.05, 0.1) is 0 Å². The van der Waals surface area contributed by atoms with Gasteiger partial charge in [-0.3, -0.25) is 4.79 Å². The maximum absolute atomic E-state index is 12.1. The molecule has 0 aliphatic rings. The normalized spacial score (nSPS) is 10.2. The number of hydrogen-bond acceptors (Lipinski definition) is 3. The molecule has 0 bridgehead atoms. The van der Waals surface area contributed by atoms with Crippen molar-refractivity contribution in [2.24, 2.45) is 0 Å². The van der Waals surface area contributed by atoms with Crippen molar-refractivity contribution >= 4 is 11.6 Å². The summed E-state index contributed by atoms with van der Waals surface area (Å²) < 4.78 is 11.1. The molecule has 0 saturated carbocycles. The third-order valence-corrected chi connectivity index (χ3v) is 3.95. The summed E-state index contributed by atoms with van der Waals surface area (Å²) in [4.78, 5) is 12.1. The van der Waals surface area contributed by atoms with Gasteiger partial charge in [0.15, 0.2) is 6.61 Å². The minimum absolute atomic E-state index is 0.0570. The predicted octanol–water partition coefficient (Wildman–Crippen LogP) is 5.33. The van der Waals surface area contributed by atoms with Gasteiger partial charge in [0.2, 0.25) is 0 Å². The molecule has 0 fully saturated rings. The second-order valence-corrected chi connectivity index (χ2v) is 6.50. The van der Waals surface area contributed by atoms with Gasteiger partial charge < -0.3 is 14.8 Å². The molecular weight excluding hydrogens is 350 g/mol. The first-order valence-electron chi connectivity index (χ1n) is 9.05. The van der Waals surface area contributed by atoms with Crippen LogP contribution in [0.25, 0.3) is 11.1 Å². The number of carbonyl (C=O) groups excluding carboxylic acids is 1. The summed E-state index contributed by atoms with van der Waals surface area (Å²) in [6, 6.07) is 25.0. The van der Waals surface area contributed by atoms with Crippen molar-refractivity contribution in [3.8, 4) is 22.6 Å². The lowest BCUT2D eigenvalue weighted by molar-refractivity contribution is -0.118. The predicted molar refractivity (Wildman–Crippen MR) is 113 cm³/mol. The zero-order valence-electron chi connectivity index (χ0n) is 15.9. The Labute approximate surface area is 165 Å². The summed E-state index contributed by atoms with van der Waals surface area (Å²) in [6.45, 7) is 6.12. The molecule has 0 aliphatic carbocycles. The number of benzene rings is 3. The molecule has 0 heterocycles. The number of nitrogens with one attached hydrogen (secondary N) is 1. The largest absolute Gasteiger partial charge is 0.489 e. The molecule has 0 atom stereocenters. The minimum atomic E-state index is -0.220. The third kappa shape index (κ3) is 5.74. The summed E-state index contributed by atoms with van der Waals surface area (Å²) in [7, 11) is 0. The van der Waals surface area contributed by atoms with Crippen molar-refractivity contribution in [2.75, 3.05) is 18.5 Å². The van der Waals surface area contributed by atoms with E-state index < -0.39 is 0 Å². The van der Waals surface area contributed by atoms with E-state index in [1.165, 1.54) is 0 Å². The Morgan fingerprint density at radius 1 is 0.786 bits per heavy atom. The minimum Gasteiger partial charge on any atom is -0.489 e. The molecule has 28 heavy (non-hydrogen) atoms. The molecule has 0 unspecified atom stereocenters. The molecule has 142 valence electrons. The van der Waals surface area contributed by atoms with E-state index in [0.717, 1.165) is 22.4 Å². The van der Waals surface area contributed by atoms with Gasteiger partial charge in [-0.25, -0.2) is 0 Å². The van der Waals surface area contributed by atoms with E-state index in [4.69, 9.17) is 9.47 Å². The van der Waals surface area contributed by atoms with E-state index in [9.17, 15) is 4.79 Å². The Morgan fingerprint density at radius 3 is 1.93 bits per heavy atom. The number of hydrogen-bond donors (Lipinski definition) is 1. The molecule has 3 aromatic carbocycles. The second-order valence-electron chi connectivity index (χ2n) is 6.50. The molecule has 0 spiro atoms. The van der Waals surface area contributed by atoms with Crippen LogP contribution in [0.1, 0.15) is 6.92 Å². The lowest BCUT2D eigenvalue weighted by Gasteiger charge is -2.10. The van der Waals surface area contributed by atoms with E-state index in [1.54, 1.807) is 12.1 Å². The maximum Gasteiger partial charge on any atom is 0.262 e. The molecule has 1 amide bonds. The first kappa shape index (κ1) is 19.2. The van der Waals surface area contributed by atoms with Gasteiger partial charge in [-0.15, -0.1) is 0 Å². The van der Waals surface area contributed by atoms with Crippen LogP contribution in [0.3, 0.4) is 0 Å². The summed E-state index contributed by atoms with van der Waals surface area (Å²) in [5.41, 5.74) is 3.89. The molecule has 4 nitrogen and oxygen atoms in total. The van der Waals surface area contributed by atoms with Gasteiger partial charge in [0, 0.05) is 5.69 Å². The van der Waals surface area contributed by atoms with Crippen LogP contribution in [-0.4, -0.2) is 19.1 Å². The van der Waals surface area contributed by atoms with Crippen molar-refractivity contribution in [3.05, 3.63) is 91.0 Å². The lowest BCUT2D eigenvalue weighted by Crippen LogP contribution is -2.20. The number of carbonyl (C=O) groups is 1. The summed E-state index contributed by atoms with van der Waals surface area (Å²) in [6.07, 6.45) is 0. The zero-order chi connectivity index (χ0) is 19.8. The SMILES string of the molecule is C=C(C)COc1ccc(NC(=O)COc2ccc(-c3ccccc3)cc2)cc1. The van der Waals surface area contributed by atoms with Crippen LogP contribution >= 0.6 is 0 Å². The highest BCUT2D eigenvalue weighted by Gasteiger charge is 2.05. The lowest BCUT2D eigenvalue weighted by atomic mass is 10.1. The van der Waals surface area contributed by atoms with Crippen molar-refractivity contribution in [3.63, 3.8) is 0 Å². The topological polar surface area (TPSA) is 47.6 Å². The Morgan fingerprint density at radius 2 is 1.32 bits per heavy atom. The third-order valence-electron chi connectivity index (χ3n) is 3.95. The number of ether oxygens (including phenoxy) is 2. The summed E-state index contributed by atoms with van der Waals surface area (Å²) >= 11 is 0. The van der Waals surface area contributed by atoms with E-state index in [1.807, 2.05) is 61.5 Å². The van der Waals surface area contributed by atoms with Crippen LogP contribution in [0.4, 0.5) is 5.69 Å². The highest BCUT2D eigenvalue weighted by Crippen LogP contribution is 2.22. The Hall–Kier alpha value is -3.53. The van der Waals surface area contributed by atoms with Gasteiger partial charge >= 0.3 is 0 Å². The first-order valence-corrected chi connectivity index (χ1v) is 9.05. The molecular formula is C24H23NO3. The van der Waals surface area contributed by atoms with Crippen molar-refractivity contribution in [1.82, 2.24) is 0 Å².